The number of esters is 1. The summed E-state index contributed by atoms with van der Waals surface area (Å²) in [6, 6.07) is 0.0626. The smallest absolute Gasteiger partial charge is 0.305 e. The summed E-state index contributed by atoms with van der Waals surface area (Å²) in [5, 5.41) is 3.13. The molecule has 1 unspecified atom stereocenters. The van der Waals surface area contributed by atoms with Crippen molar-refractivity contribution >= 4 is 28.2 Å². The van der Waals surface area contributed by atoms with Crippen molar-refractivity contribution in [3.63, 3.8) is 0 Å². The maximum Gasteiger partial charge on any atom is 0.305 e. The normalized spacial score (nSPS) is 22.4. The topological polar surface area (TPSA) is 72.5 Å². The van der Waals surface area contributed by atoms with Gasteiger partial charge in [0.2, 0.25) is 0 Å². The molecule has 1 N–H and O–H groups in total. The zero-order chi connectivity index (χ0) is 11.3. The molecule has 0 aromatic rings. The lowest BCUT2D eigenvalue weighted by Crippen LogP contribution is -2.31. The van der Waals surface area contributed by atoms with Crippen molar-refractivity contribution in [1.82, 2.24) is 5.32 Å². The van der Waals surface area contributed by atoms with Gasteiger partial charge >= 0.3 is 5.97 Å². The third-order valence-electron chi connectivity index (χ3n) is 2.45. The van der Waals surface area contributed by atoms with Gasteiger partial charge in [0.05, 0.1) is 18.6 Å². The highest BCUT2D eigenvalue weighted by molar-refractivity contribution is 7.91. The molecule has 0 saturated carbocycles. The van der Waals surface area contributed by atoms with Gasteiger partial charge in [-0.15, -0.1) is 12.4 Å². The third-order valence-corrected chi connectivity index (χ3v) is 4.22. The van der Waals surface area contributed by atoms with Crippen LogP contribution in [0.15, 0.2) is 0 Å². The number of hydrogen-bond acceptors (Lipinski definition) is 5. The van der Waals surface area contributed by atoms with Crippen LogP contribution < -0.4 is 5.32 Å². The van der Waals surface area contributed by atoms with E-state index in [0.29, 0.717) is 25.8 Å². The predicted molar refractivity (Wildman–Crippen MR) is 63.6 cm³/mol. The van der Waals surface area contributed by atoms with Gasteiger partial charge in [0.15, 0.2) is 9.84 Å². The molecule has 0 radical (unpaired) electrons. The number of hydrogen-bond donors (Lipinski definition) is 1. The average molecular weight is 272 g/mol. The van der Waals surface area contributed by atoms with E-state index >= 15 is 0 Å². The first-order valence-electron chi connectivity index (χ1n) is 5.04. The van der Waals surface area contributed by atoms with Crippen LogP contribution in [0.1, 0.15) is 19.3 Å². The fraction of sp³-hybridized carbons (Fsp3) is 0.889. The molecule has 1 rings (SSSR count). The lowest BCUT2D eigenvalue weighted by atomic mass is 10.2. The van der Waals surface area contributed by atoms with Crippen LogP contribution >= 0.6 is 12.4 Å². The van der Waals surface area contributed by atoms with Crippen molar-refractivity contribution in [2.75, 3.05) is 25.2 Å². The van der Waals surface area contributed by atoms with Gasteiger partial charge < -0.3 is 10.1 Å². The summed E-state index contributed by atoms with van der Waals surface area (Å²) >= 11 is 0. The molecular weight excluding hydrogens is 254 g/mol. The largest absolute Gasteiger partial charge is 0.469 e. The average Bonchev–Trinajstić information content (AvgIpc) is 2.52. The Hall–Kier alpha value is -0.330. The highest BCUT2D eigenvalue weighted by Gasteiger charge is 2.26. The SMILES string of the molecule is COC(=O)CCCNC1CCS(=O)(=O)C1.Cl. The van der Waals surface area contributed by atoms with Crippen molar-refractivity contribution < 1.29 is 17.9 Å². The number of rotatable bonds is 5. The van der Waals surface area contributed by atoms with Crippen molar-refractivity contribution in [1.29, 1.82) is 0 Å². The minimum absolute atomic E-state index is 0. The highest BCUT2D eigenvalue weighted by atomic mass is 35.5. The molecule has 7 heteroatoms. The molecule has 1 fully saturated rings. The molecule has 0 spiro atoms. The second-order valence-corrected chi connectivity index (χ2v) is 5.96. The second kappa shape index (κ2) is 7.09. The molecule has 16 heavy (non-hydrogen) atoms. The first-order valence-corrected chi connectivity index (χ1v) is 6.86. The van der Waals surface area contributed by atoms with E-state index in [2.05, 4.69) is 10.1 Å². The molecule has 1 atom stereocenters. The fourth-order valence-electron chi connectivity index (χ4n) is 1.60. The van der Waals surface area contributed by atoms with E-state index < -0.39 is 9.84 Å². The third kappa shape index (κ3) is 5.67. The molecule has 0 aromatic carbocycles. The second-order valence-electron chi connectivity index (χ2n) is 3.73. The Balaban J connectivity index is 0.00000225. The van der Waals surface area contributed by atoms with E-state index in [4.69, 9.17) is 0 Å². The van der Waals surface area contributed by atoms with Gasteiger partial charge in [-0.3, -0.25) is 4.79 Å². The molecule has 1 aliphatic heterocycles. The van der Waals surface area contributed by atoms with Crippen molar-refractivity contribution in [2.24, 2.45) is 0 Å². The number of carbonyl (C=O) groups is 1. The van der Waals surface area contributed by atoms with Gasteiger partial charge in [0.1, 0.15) is 0 Å². The minimum Gasteiger partial charge on any atom is -0.469 e. The molecule has 0 aromatic heterocycles. The Bertz CT molecular complexity index is 317. The summed E-state index contributed by atoms with van der Waals surface area (Å²) in [5.74, 6) is 0.281. The van der Waals surface area contributed by atoms with Gasteiger partial charge in [0, 0.05) is 12.5 Å². The summed E-state index contributed by atoms with van der Waals surface area (Å²) in [4.78, 5) is 10.8. The van der Waals surface area contributed by atoms with E-state index in [0.717, 1.165) is 0 Å². The maximum absolute atomic E-state index is 11.1. The Morgan fingerprint density at radius 2 is 2.19 bits per heavy atom. The Morgan fingerprint density at radius 3 is 2.69 bits per heavy atom. The molecule has 96 valence electrons. The Morgan fingerprint density at radius 1 is 1.50 bits per heavy atom. The summed E-state index contributed by atoms with van der Waals surface area (Å²) in [6.45, 7) is 0.662. The molecule has 1 saturated heterocycles. The van der Waals surface area contributed by atoms with Crippen molar-refractivity contribution in [3.8, 4) is 0 Å². The Kier molecular flexibility index (Phi) is 6.94. The lowest BCUT2D eigenvalue weighted by Gasteiger charge is -2.09. The molecule has 0 bridgehead atoms. The van der Waals surface area contributed by atoms with E-state index in [9.17, 15) is 13.2 Å². The maximum atomic E-state index is 11.1. The van der Waals surface area contributed by atoms with Crippen LogP contribution in [0, 0.1) is 0 Å². The number of halogens is 1. The monoisotopic (exact) mass is 271 g/mol. The van der Waals surface area contributed by atoms with E-state index in [1.165, 1.54) is 7.11 Å². The fourth-order valence-corrected chi connectivity index (χ4v) is 3.30. The van der Waals surface area contributed by atoms with Gasteiger partial charge in [-0.05, 0) is 19.4 Å². The highest BCUT2D eigenvalue weighted by Crippen LogP contribution is 2.11. The first-order chi connectivity index (χ1) is 7.03. The summed E-state index contributed by atoms with van der Waals surface area (Å²) in [6.07, 6.45) is 1.74. The molecule has 1 aliphatic rings. The first kappa shape index (κ1) is 15.7. The van der Waals surface area contributed by atoms with Crippen LogP contribution in [0.2, 0.25) is 0 Å². The molecule has 0 aliphatic carbocycles. The summed E-state index contributed by atoms with van der Waals surface area (Å²) < 4.78 is 26.7. The van der Waals surface area contributed by atoms with Crippen LogP contribution in [-0.2, 0) is 19.4 Å². The molecule has 5 nitrogen and oxygen atoms in total. The van der Waals surface area contributed by atoms with Crippen LogP contribution in [0.4, 0.5) is 0 Å². The van der Waals surface area contributed by atoms with Crippen LogP contribution in [0.5, 0.6) is 0 Å². The van der Waals surface area contributed by atoms with Crippen molar-refractivity contribution in [2.45, 2.75) is 25.3 Å². The lowest BCUT2D eigenvalue weighted by molar-refractivity contribution is -0.140. The minimum atomic E-state index is -2.81. The van der Waals surface area contributed by atoms with Crippen LogP contribution in [-0.4, -0.2) is 45.6 Å². The van der Waals surface area contributed by atoms with Crippen molar-refractivity contribution in [3.05, 3.63) is 0 Å². The number of ether oxygens (including phenoxy) is 1. The Labute approximate surface area is 102 Å². The number of methoxy groups -OCH3 is 1. The van der Waals surface area contributed by atoms with E-state index in [-0.39, 0.29) is 35.9 Å². The standard InChI is InChI=1S/C9H17NO4S.ClH/c1-14-9(11)3-2-5-10-8-4-6-15(12,13)7-8;/h8,10H,2-7H2,1H3;1H. The quantitative estimate of drug-likeness (QED) is 0.569. The van der Waals surface area contributed by atoms with Crippen LogP contribution in [0.25, 0.3) is 0 Å². The number of nitrogens with one attached hydrogen (secondary N) is 1. The van der Waals surface area contributed by atoms with Gasteiger partial charge in [-0.1, -0.05) is 0 Å². The number of sulfone groups is 1. The molecule has 0 amide bonds. The zero-order valence-corrected chi connectivity index (χ0v) is 10.9. The van der Waals surface area contributed by atoms with Gasteiger partial charge in [-0.25, -0.2) is 8.42 Å². The molecule has 1 heterocycles. The van der Waals surface area contributed by atoms with E-state index in [1.54, 1.807) is 0 Å². The predicted octanol–water partition coefficient (Wildman–Crippen LogP) is 0.138. The van der Waals surface area contributed by atoms with Gasteiger partial charge in [0.25, 0.3) is 0 Å². The van der Waals surface area contributed by atoms with E-state index in [1.807, 2.05) is 0 Å². The molecular formula is C9H18ClNO4S. The van der Waals surface area contributed by atoms with Crippen LogP contribution in [0.3, 0.4) is 0 Å². The summed E-state index contributed by atoms with van der Waals surface area (Å²) in [5.41, 5.74) is 0. The summed E-state index contributed by atoms with van der Waals surface area (Å²) in [7, 11) is -1.45. The zero-order valence-electron chi connectivity index (χ0n) is 9.27. The number of carbonyl (C=O) groups excluding carboxylic acids is 1. The van der Waals surface area contributed by atoms with Gasteiger partial charge in [-0.2, -0.15) is 0 Å².